The summed E-state index contributed by atoms with van der Waals surface area (Å²) in [4.78, 5) is 19.1. The van der Waals surface area contributed by atoms with E-state index in [1.54, 1.807) is 23.7 Å². The number of aryl methyl sites for hydroxylation is 1. The van der Waals surface area contributed by atoms with E-state index in [0.717, 1.165) is 12.1 Å². The highest BCUT2D eigenvalue weighted by atomic mass is 35.5. The van der Waals surface area contributed by atoms with Crippen molar-refractivity contribution in [3.8, 4) is 5.75 Å². The molecule has 6 nitrogen and oxygen atoms in total. The molecule has 1 saturated heterocycles. The molecule has 1 fully saturated rings. The highest BCUT2D eigenvalue weighted by Gasteiger charge is 2.41. The lowest BCUT2D eigenvalue weighted by atomic mass is 9.73. The normalized spacial score (nSPS) is 16.3. The number of hydrogen-bond acceptors (Lipinski definition) is 5. The summed E-state index contributed by atoms with van der Waals surface area (Å²) < 4.78 is 61.1. The lowest BCUT2D eigenvalue weighted by Crippen LogP contribution is -2.48. The molecule has 4 rings (SSSR count). The third-order valence-electron chi connectivity index (χ3n) is 7.64. The molecule has 11 heteroatoms. The van der Waals surface area contributed by atoms with Crippen LogP contribution in [0, 0.1) is 22.9 Å². The van der Waals surface area contributed by atoms with Crippen molar-refractivity contribution in [2.75, 3.05) is 26.7 Å². The molecule has 0 spiro atoms. The van der Waals surface area contributed by atoms with Gasteiger partial charge in [-0.25, -0.2) is 23.0 Å². The summed E-state index contributed by atoms with van der Waals surface area (Å²) in [5.74, 6) is -3.93. The summed E-state index contributed by atoms with van der Waals surface area (Å²) in [6.45, 7) is 1.64. The van der Waals surface area contributed by atoms with E-state index in [2.05, 4.69) is 9.88 Å². The maximum Gasteiger partial charge on any atom is 0.249 e. The predicted molar refractivity (Wildman–Crippen MR) is 139 cm³/mol. The van der Waals surface area contributed by atoms with E-state index >= 15 is 4.39 Å². The minimum atomic E-state index is -1.48. The molecule has 0 saturated carbocycles. The average Bonchev–Trinajstić information content (AvgIpc) is 2.94. The Morgan fingerprint density at radius 1 is 1.21 bits per heavy atom. The number of aromatic nitrogens is 1. The van der Waals surface area contributed by atoms with Crippen molar-refractivity contribution < 1.29 is 32.3 Å². The highest BCUT2D eigenvalue weighted by molar-refractivity contribution is 6.32. The van der Waals surface area contributed by atoms with Gasteiger partial charge in [0.1, 0.15) is 11.9 Å². The van der Waals surface area contributed by atoms with Crippen LogP contribution in [0.5, 0.6) is 5.75 Å². The summed E-state index contributed by atoms with van der Waals surface area (Å²) in [5.41, 5.74) is 2.01. The van der Waals surface area contributed by atoms with Crippen LogP contribution in [0.25, 0.3) is 10.9 Å². The number of pyridine rings is 1. The number of alkyl halides is 1. The van der Waals surface area contributed by atoms with Crippen molar-refractivity contribution in [1.82, 2.24) is 15.4 Å². The first-order valence-corrected chi connectivity index (χ1v) is 13.1. The second kappa shape index (κ2) is 12.5. The summed E-state index contributed by atoms with van der Waals surface area (Å²) in [6.07, 6.45) is 1.84. The molecule has 210 valence electrons. The van der Waals surface area contributed by atoms with Crippen LogP contribution in [-0.4, -0.2) is 47.7 Å². The number of piperidine rings is 1. The molecule has 3 aromatic rings. The first kappa shape index (κ1) is 29.0. The number of hydroxylamine groups is 1. The Hall–Kier alpha value is -2.95. The van der Waals surface area contributed by atoms with Crippen molar-refractivity contribution in [1.29, 1.82) is 0 Å². The van der Waals surface area contributed by atoms with E-state index in [0.29, 0.717) is 67.5 Å². The Balaban J connectivity index is 1.39. The molecule has 1 aliphatic rings. The summed E-state index contributed by atoms with van der Waals surface area (Å²) in [7, 11) is 1.51. The Morgan fingerprint density at radius 3 is 2.54 bits per heavy atom. The molecule has 1 amide bonds. The van der Waals surface area contributed by atoms with Gasteiger partial charge in [-0.3, -0.25) is 15.0 Å². The Morgan fingerprint density at radius 2 is 1.90 bits per heavy atom. The highest BCUT2D eigenvalue weighted by Crippen LogP contribution is 2.42. The van der Waals surface area contributed by atoms with Crippen molar-refractivity contribution in [3.63, 3.8) is 0 Å². The number of carbonyl (C=O) groups is 1. The molecule has 1 aliphatic heterocycles. The summed E-state index contributed by atoms with van der Waals surface area (Å²) in [6, 6.07) is 7.12. The minimum Gasteiger partial charge on any atom is -0.497 e. The van der Waals surface area contributed by atoms with Gasteiger partial charge in [-0.15, -0.1) is 0 Å². The van der Waals surface area contributed by atoms with Crippen LogP contribution in [0.4, 0.5) is 17.6 Å². The van der Waals surface area contributed by atoms with E-state index in [4.69, 9.17) is 16.3 Å². The molecule has 2 heterocycles. The largest absolute Gasteiger partial charge is 0.497 e. The fourth-order valence-electron chi connectivity index (χ4n) is 5.33. The number of benzene rings is 2. The van der Waals surface area contributed by atoms with Crippen LogP contribution in [-0.2, 0) is 11.2 Å². The molecule has 0 bridgehead atoms. The zero-order valence-electron chi connectivity index (χ0n) is 21.5. The Bertz CT molecular complexity index is 1310. The van der Waals surface area contributed by atoms with Gasteiger partial charge in [0.05, 0.1) is 23.1 Å². The molecule has 2 N–H and O–H groups in total. The first-order valence-electron chi connectivity index (χ1n) is 12.7. The van der Waals surface area contributed by atoms with Crippen LogP contribution in [0.1, 0.15) is 49.4 Å². The van der Waals surface area contributed by atoms with Gasteiger partial charge in [0.15, 0.2) is 17.5 Å². The van der Waals surface area contributed by atoms with Crippen molar-refractivity contribution >= 4 is 28.4 Å². The fourth-order valence-corrected chi connectivity index (χ4v) is 5.60. The van der Waals surface area contributed by atoms with Gasteiger partial charge in [0.2, 0.25) is 5.91 Å². The van der Waals surface area contributed by atoms with Gasteiger partial charge in [-0.05, 0) is 94.1 Å². The van der Waals surface area contributed by atoms with Gasteiger partial charge in [-0.2, -0.15) is 0 Å². The zero-order chi connectivity index (χ0) is 28.2. The molecule has 0 unspecified atom stereocenters. The van der Waals surface area contributed by atoms with E-state index in [-0.39, 0.29) is 23.4 Å². The first-order chi connectivity index (χ1) is 18.7. The minimum absolute atomic E-state index is 0.00512. The van der Waals surface area contributed by atoms with E-state index in [1.807, 2.05) is 0 Å². The molecule has 0 aliphatic carbocycles. The number of nitrogens with zero attached hydrogens (tertiary/aromatic N) is 2. The number of halogens is 5. The van der Waals surface area contributed by atoms with Crippen LogP contribution in [0.3, 0.4) is 0 Å². The summed E-state index contributed by atoms with van der Waals surface area (Å²) >= 11 is 6.35. The van der Waals surface area contributed by atoms with Gasteiger partial charge in [0, 0.05) is 17.1 Å². The maximum absolute atomic E-state index is 15.7. The Kier molecular flexibility index (Phi) is 9.30. The van der Waals surface area contributed by atoms with E-state index in [9.17, 15) is 23.2 Å². The number of hydrogen-bond donors (Lipinski definition) is 2. The monoisotopic (exact) mass is 567 g/mol. The van der Waals surface area contributed by atoms with Crippen LogP contribution in [0.15, 0.2) is 36.5 Å². The molecular weight excluding hydrogens is 538 g/mol. The molecule has 39 heavy (non-hydrogen) atoms. The number of ether oxygens (including phenoxy) is 1. The number of methoxy groups -OCH3 is 1. The summed E-state index contributed by atoms with van der Waals surface area (Å²) in [5, 5.41) is 10.2. The second-order valence-corrected chi connectivity index (χ2v) is 10.4. The van der Waals surface area contributed by atoms with Crippen molar-refractivity contribution in [2.24, 2.45) is 5.41 Å². The average molecular weight is 568 g/mol. The van der Waals surface area contributed by atoms with Gasteiger partial charge >= 0.3 is 0 Å². The standard InChI is InChI=1S/C28H30ClF4N3O3/c1-39-18-4-5-24-19(15-18)25(20(29)16-34-24)21(30)6-7-28(27(37)35-38)8-11-36(12-9-28)10-2-3-17-13-22(31)26(33)23(32)14-17/h4-5,13-16,21,38H,2-3,6-12H2,1H3,(H,35,37)/t21-/m1/s1. The van der Waals surface area contributed by atoms with Crippen molar-refractivity contribution in [3.05, 3.63) is 70.1 Å². The molecule has 1 atom stereocenters. The quantitative estimate of drug-likeness (QED) is 0.130. The maximum atomic E-state index is 15.7. The number of likely N-dealkylation sites (tertiary alicyclic amines) is 1. The van der Waals surface area contributed by atoms with Crippen LogP contribution < -0.4 is 10.2 Å². The molecule has 0 radical (unpaired) electrons. The zero-order valence-corrected chi connectivity index (χ0v) is 22.2. The third kappa shape index (κ3) is 6.45. The lowest BCUT2D eigenvalue weighted by Gasteiger charge is -2.40. The number of amides is 1. The third-order valence-corrected chi connectivity index (χ3v) is 7.94. The van der Waals surface area contributed by atoms with Crippen LogP contribution in [0.2, 0.25) is 5.02 Å². The van der Waals surface area contributed by atoms with Gasteiger partial charge in [0.25, 0.3) is 0 Å². The molecule has 2 aromatic carbocycles. The van der Waals surface area contributed by atoms with Gasteiger partial charge in [-0.1, -0.05) is 11.6 Å². The second-order valence-electron chi connectivity index (χ2n) is 9.95. The topological polar surface area (TPSA) is 74.7 Å². The predicted octanol–water partition coefficient (Wildman–Crippen LogP) is 6.33. The molecule has 1 aromatic heterocycles. The number of carbonyl (C=O) groups excluding carboxylic acids is 1. The molecular formula is C28H30ClF4N3O3. The van der Waals surface area contributed by atoms with E-state index < -0.39 is 34.9 Å². The lowest BCUT2D eigenvalue weighted by molar-refractivity contribution is -0.143. The number of nitrogens with one attached hydrogen (secondary N) is 1. The Labute approximate surface area is 228 Å². The fraction of sp³-hybridized carbons (Fsp3) is 0.429. The number of fused-ring (bicyclic) bond motifs is 1. The smallest absolute Gasteiger partial charge is 0.249 e. The van der Waals surface area contributed by atoms with Crippen molar-refractivity contribution in [2.45, 2.75) is 44.7 Å². The van der Waals surface area contributed by atoms with E-state index in [1.165, 1.54) is 13.3 Å². The number of rotatable bonds is 10. The SMILES string of the molecule is COc1ccc2ncc(Cl)c([C@H](F)CCC3(C(=O)NO)CCN(CCCc4cc(F)c(F)c(F)c4)CC3)c2c1. The van der Waals surface area contributed by atoms with Crippen LogP contribution >= 0.6 is 11.6 Å². The van der Waals surface area contributed by atoms with Gasteiger partial charge < -0.3 is 9.64 Å².